The number of hydrogen-bond donors (Lipinski definition) is 1. The highest BCUT2D eigenvalue weighted by Gasteiger charge is 2.26. The summed E-state index contributed by atoms with van der Waals surface area (Å²) in [4.78, 5) is 4.39. The zero-order valence-electron chi connectivity index (χ0n) is 17.2. The molecule has 1 aromatic carbocycles. The number of rotatable bonds is 6. The summed E-state index contributed by atoms with van der Waals surface area (Å²) >= 11 is 0. The van der Waals surface area contributed by atoms with Crippen LogP contribution in [-0.2, 0) is 25.2 Å². The summed E-state index contributed by atoms with van der Waals surface area (Å²) in [5.41, 5.74) is 3.51. The Hall–Kier alpha value is -1.89. The maximum absolute atomic E-state index is 10.9. The Morgan fingerprint density at radius 1 is 1.33 bits per heavy atom. The van der Waals surface area contributed by atoms with Crippen molar-refractivity contribution in [3.8, 4) is 5.75 Å². The second-order valence-corrected chi connectivity index (χ2v) is 7.99. The van der Waals surface area contributed by atoms with E-state index in [4.69, 9.17) is 4.74 Å². The van der Waals surface area contributed by atoms with Gasteiger partial charge < -0.3 is 14.7 Å². The monoisotopic (exact) mass is 372 g/mol. The van der Waals surface area contributed by atoms with Crippen LogP contribution in [0.3, 0.4) is 0 Å². The molecule has 148 valence electrons. The van der Waals surface area contributed by atoms with Crippen LogP contribution in [-0.4, -0.2) is 58.5 Å². The number of aromatic nitrogens is 2. The zero-order valence-corrected chi connectivity index (χ0v) is 17.2. The normalized spacial score (nSPS) is 17.3. The summed E-state index contributed by atoms with van der Waals surface area (Å²) in [5, 5.41) is 15.4. The highest BCUT2D eigenvalue weighted by Crippen LogP contribution is 2.30. The van der Waals surface area contributed by atoms with Gasteiger partial charge in [0.2, 0.25) is 0 Å². The molecule has 3 rings (SSSR count). The zero-order chi connectivity index (χ0) is 19.6. The molecule has 1 atom stereocenters. The van der Waals surface area contributed by atoms with Gasteiger partial charge in [0, 0.05) is 50.0 Å². The van der Waals surface area contributed by atoms with Gasteiger partial charge in [-0.05, 0) is 52.6 Å². The number of benzene rings is 1. The minimum absolute atomic E-state index is 0.575. The Kier molecular flexibility index (Phi) is 5.89. The fourth-order valence-electron chi connectivity index (χ4n) is 3.74. The van der Waals surface area contributed by atoms with Crippen molar-refractivity contribution in [2.45, 2.75) is 46.0 Å². The Morgan fingerprint density at radius 2 is 2.11 bits per heavy atom. The first-order valence-electron chi connectivity index (χ1n) is 9.67. The summed E-state index contributed by atoms with van der Waals surface area (Å²) < 4.78 is 7.96. The van der Waals surface area contributed by atoms with Crippen molar-refractivity contribution in [3.05, 3.63) is 46.8 Å². The number of hydrogen-bond acceptors (Lipinski definition) is 5. The van der Waals surface area contributed by atoms with Crippen LogP contribution in [0.4, 0.5) is 0 Å². The molecule has 0 spiro atoms. The van der Waals surface area contributed by atoms with Gasteiger partial charge in [-0.25, -0.2) is 0 Å². The van der Waals surface area contributed by atoms with Crippen molar-refractivity contribution >= 4 is 0 Å². The summed E-state index contributed by atoms with van der Waals surface area (Å²) in [5.74, 6) is 0.919. The summed E-state index contributed by atoms with van der Waals surface area (Å²) in [6, 6.07) is 6.07. The molecule has 1 aromatic heterocycles. The quantitative estimate of drug-likeness (QED) is 0.844. The lowest BCUT2D eigenvalue weighted by Gasteiger charge is -2.28. The first kappa shape index (κ1) is 19.9. The molecule has 0 bridgehead atoms. The van der Waals surface area contributed by atoms with Crippen molar-refractivity contribution < 1.29 is 9.84 Å². The summed E-state index contributed by atoms with van der Waals surface area (Å²) in [6.45, 7) is 10.7. The predicted octanol–water partition coefficient (Wildman–Crippen LogP) is 2.38. The number of aryl methyl sites for hydroxylation is 2. The van der Waals surface area contributed by atoms with E-state index in [-0.39, 0.29) is 0 Å². The molecule has 0 amide bonds. The van der Waals surface area contributed by atoms with Gasteiger partial charge in [-0.2, -0.15) is 5.10 Å². The van der Waals surface area contributed by atoms with E-state index in [1.807, 2.05) is 42.7 Å². The van der Waals surface area contributed by atoms with E-state index < -0.39 is 5.60 Å². The molecule has 0 fully saturated rings. The third kappa shape index (κ3) is 4.69. The summed E-state index contributed by atoms with van der Waals surface area (Å²) in [6.07, 6.45) is 2.14. The van der Waals surface area contributed by atoms with Crippen molar-refractivity contribution in [3.63, 3.8) is 0 Å². The number of likely N-dealkylation sites (N-methyl/N-ethyl adjacent to an activating group) is 1. The van der Waals surface area contributed by atoms with Crippen molar-refractivity contribution in [1.82, 2.24) is 19.6 Å². The van der Waals surface area contributed by atoms with Gasteiger partial charge >= 0.3 is 0 Å². The average molecular weight is 373 g/mol. The van der Waals surface area contributed by atoms with Gasteiger partial charge in [0.1, 0.15) is 12.4 Å². The lowest BCUT2D eigenvalue weighted by atomic mass is 9.93. The van der Waals surface area contributed by atoms with Crippen LogP contribution >= 0.6 is 0 Å². The molecule has 0 radical (unpaired) electrons. The SMILES string of the molecule is CCn1cc(CN2CCOc3ccc(C(C)(O)CN(C)C)cc3C2)c(C)n1. The van der Waals surface area contributed by atoms with Crippen molar-refractivity contribution in [2.75, 3.05) is 33.8 Å². The third-order valence-electron chi connectivity index (χ3n) is 5.13. The van der Waals surface area contributed by atoms with Gasteiger partial charge in [-0.1, -0.05) is 6.07 Å². The number of fused-ring (bicyclic) bond motifs is 1. The largest absolute Gasteiger partial charge is 0.492 e. The molecule has 0 saturated carbocycles. The molecular weight excluding hydrogens is 340 g/mol. The van der Waals surface area contributed by atoms with Crippen molar-refractivity contribution in [2.24, 2.45) is 0 Å². The lowest BCUT2D eigenvalue weighted by molar-refractivity contribution is 0.0299. The fourth-order valence-corrected chi connectivity index (χ4v) is 3.74. The van der Waals surface area contributed by atoms with Crippen LogP contribution in [0.25, 0.3) is 0 Å². The minimum Gasteiger partial charge on any atom is -0.492 e. The fraction of sp³-hybridized carbons (Fsp3) is 0.571. The molecule has 27 heavy (non-hydrogen) atoms. The topological polar surface area (TPSA) is 53.8 Å². The van der Waals surface area contributed by atoms with Gasteiger partial charge in [0.25, 0.3) is 0 Å². The molecule has 0 saturated heterocycles. The molecule has 1 aliphatic rings. The smallest absolute Gasteiger partial charge is 0.123 e. The van der Waals surface area contributed by atoms with Crippen LogP contribution in [0.1, 0.15) is 36.2 Å². The Morgan fingerprint density at radius 3 is 2.78 bits per heavy atom. The van der Waals surface area contributed by atoms with E-state index in [0.717, 1.165) is 48.7 Å². The molecule has 0 aliphatic carbocycles. The van der Waals surface area contributed by atoms with E-state index in [1.165, 1.54) is 5.56 Å². The average Bonchev–Trinajstić information content (AvgIpc) is 2.82. The van der Waals surface area contributed by atoms with Crippen LogP contribution in [0.5, 0.6) is 5.75 Å². The highest BCUT2D eigenvalue weighted by molar-refractivity contribution is 5.40. The molecule has 1 aliphatic heterocycles. The maximum atomic E-state index is 10.9. The molecule has 2 heterocycles. The lowest BCUT2D eigenvalue weighted by Crippen LogP contribution is -2.34. The number of aliphatic hydroxyl groups is 1. The molecule has 2 aromatic rings. The van der Waals surface area contributed by atoms with Crippen LogP contribution in [0, 0.1) is 6.92 Å². The predicted molar refractivity (Wildman–Crippen MR) is 107 cm³/mol. The van der Waals surface area contributed by atoms with E-state index in [2.05, 4.69) is 36.1 Å². The second-order valence-electron chi connectivity index (χ2n) is 7.99. The molecule has 1 unspecified atom stereocenters. The first-order chi connectivity index (χ1) is 12.8. The van der Waals surface area contributed by atoms with Gasteiger partial charge in [-0.15, -0.1) is 0 Å². The van der Waals surface area contributed by atoms with Crippen molar-refractivity contribution in [1.29, 1.82) is 0 Å². The summed E-state index contributed by atoms with van der Waals surface area (Å²) in [7, 11) is 3.95. The van der Waals surface area contributed by atoms with E-state index >= 15 is 0 Å². The van der Waals surface area contributed by atoms with Crippen LogP contribution in [0.2, 0.25) is 0 Å². The van der Waals surface area contributed by atoms with Crippen LogP contribution in [0.15, 0.2) is 24.4 Å². The molecular formula is C21H32N4O2. The van der Waals surface area contributed by atoms with Gasteiger partial charge in [0.15, 0.2) is 0 Å². The minimum atomic E-state index is -0.894. The molecule has 6 heteroatoms. The van der Waals surface area contributed by atoms with Gasteiger partial charge in [0.05, 0.1) is 11.3 Å². The van der Waals surface area contributed by atoms with E-state index in [1.54, 1.807) is 0 Å². The third-order valence-corrected chi connectivity index (χ3v) is 5.13. The Labute approximate surface area is 162 Å². The molecule has 6 nitrogen and oxygen atoms in total. The van der Waals surface area contributed by atoms with E-state index in [0.29, 0.717) is 13.2 Å². The molecule has 1 N–H and O–H groups in total. The number of ether oxygens (including phenoxy) is 1. The highest BCUT2D eigenvalue weighted by atomic mass is 16.5. The second kappa shape index (κ2) is 8.00. The maximum Gasteiger partial charge on any atom is 0.123 e. The first-order valence-corrected chi connectivity index (χ1v) is 9.67. The van der Waals surface area contributed by atoms with E-state index in [9.17, 15) is 5.11 Å². The van der Waals surface area contributed by atoms with Crippen LogP contribution < -0.4 is 4.74 Å². The van der Waals surface area contributed by atoms with Gasteiger partial charge in [-0.3, -0.25) is 9.58 Å². The Bertz CT molecular complexity index is 782. The number of nitrogens with zero attached hydrogens (tertiary/aromatic N) is 4. The Balaban J connectivity index is 1.81. The standard InChI is InChI=1S/C21H32N4O2/c1-6-25-14-18(16(2)22-25)13-24-9-10-27-20-8-7-19(11-17(20)12-24)21(3,26)15-23(4)5/h7-8,11,14,26H,6,9-10,12-13,15H2,1-5H3.